The lowest BCUT2D eigenvalue weighted by Gasteiger charge is -2.14. The Morgan fingerprint density at radius 2 is 0.870 bits per heavy atom. The van der Waals surface area contributed by atoms with Gasteiger partial charge in [-0.15, -0.1) is 0 Å². The molecule has 0 bridgehead atoms. The maximum Gasteiger partial charge on any atom is 0.200 e. The summed E-state index contributed by atoms with van der Waals surface area (Å²) in [6.07, 6.45) is 2.93. The molecule has 238 valence electrons. The van der Waals surface area contributed by atoms with Crippen molar-refractivity contribution >= 4 is 23.4 Å². The van der Waals surface area contributed by atoms with Gasteiger partial charge in [0, 0.05) is 28.7 Å². The van der Waals surface area contributed by atoms with Crippen LogP contribution in [-0.4, -0.2) is 11.2 Å². The van der Waals surface area contributed by atoms with Crippen molar-refractivity contribution in [1.82, 2.24) is 4.98 Å². The van der Waals surface area contributed by atoms with Gasteiger partial charge < -0.3 is 4.98 Å². The predicted octanol–water partition coefficient (Wildman–Crippen LogP) is 9.09. The quantitative estimate of drug-likeness (QED) is 0.0952. The van der Waals surface area contributed by atoms with Crippen molar-refractivity contribution in [2.45, 2.75) is 0 Å². The van der Waals surface area contributed by atoms with Crippen LogP contribution in [0.5, 0.6) is 0 Å². The number of aromatic amines is 1. The fraction of sp³-hybridized carbons (Fsp3) is 0. The summed E-state index contributed by atoms with van der Waals surface area (Å²) in [7, 11) is 0. The number of allylic oxidation sites excluding steroid dienone is 2. The molecular weight excluding hydrogens is 661 g/mol. The summed E-state index contributed by atoms with van der Waals surface area (Å²) < 4.78 is 215. The number of H-pyrrole nitrogens is 1. The van der Waals surface area contributed by atoms with E-state index in [1.165, 1.54) is 0 Å². The van der Waals surface area contributed by atoms with Crippen molar-refractivity contribution in [3.05, 3.63) is 145 Å². The zero-order chi connectivity index (χ0) is 33.9. The third-order valence-corrected chi connectivity index (χ3v) is 6.53. The first-order valence-corrected chi connectivity index (χ1v) is 12.0. The number of nitrogens with zero attached hydrogens (tertiary/aromatic N) is 1. The molecule has 0 fully saturated rings. The zero-order valence-electron chi connectivity index (χ0n) is 21.6. The van der Waals surface area contributed by atoms with Crippen molar-refractivity contribution < 1.29 is 65.9 Å². The van der Waals surface area contributed by atoms with E-state index in [1.54, 1.807) is 0 Å². The lowest BCUT2D eigenvalue weighted by molar-refractivity contribution is 0.376. The second-order valence-electron chi connectivity index (χ2n) is 9.11. The highest BCUT2D eigenvalue weighted by Gasteiger charge is 2.33. The molecule has 1 aromatic heterocycles. The standard InChI is InChI=1S/C29H7F15N2/c30-15-8(16(31)22(37)27(42)21(15)36)6-7(12-17(32)23(38)28(43)24(39)18(12)33)9-3-4-11(46-9)13(10-2-1-5-45-10)14-19(34)25(40)29(44)26(41)20(14)35/h1-6,46H/b7-6-,13-10+. The molecule has 0 aliphatic carbocycles. The maximum atomic E-state index is 14.9. The Hall–Kier alpha value is -5.22. The molecule has 0 atom stereocenters. The molecule has 0 amide bonds. The third-order valence-electron chi connectivity index (χ3n) is 6.53. The van der Waals surface area contributed by atoms with Gasteiger partial charge in [0.05, 0.1) is 22.4 Å². The van der Waals surface area contributed by atoms with Crippen LogP contribution in [0.1, 0.15) is 28.1 Å². The summed E-state index contributed by atoms with van der Waals surface area (Å²) in [4.78, 5) is 5.82. The average molecular weight is 668 g/mol. The molecule has 2 heterocycles. The average Bonchev–Trinajstić information content (AvgIpc) is 3.75. The molecule has 1 aliphatic rings. The lowest BCUT2D eigenvalue weighted by Crippen LogP contribution is -2.09. The van der Waals surface area contributed by atoms with Crippen molar-refractivity contribution in [2.24, 2.45) is 4.99 Å². The van der Waals surface area contributed by atoms with Gasteiger partial charge in [0.15, 0.2) is 69.8 Å². The number of hydrogen-bond donors (Lipinski definition) is 1. The van der Waals surface area contributed by atoms with E-state index in [9.17, 15) is 65.9 Å². The van der Waals surface area contributed by atoms with Crippen LogP contribution in [0.2, 0.25) is 0 Å². The number of benzene rings is 3. The minimum Gasteiger partial charge on any atom is -0.354 e. The minimum atomic E-state index is -2.70. The topological polar surface area (TPSA) is 28.1 Å². The Bertz CT molecular complexity index is 2000. The fourth-order valence-electron chi connectivity index (χ4n) is 4.39. The van der Waals surface area contributed by atoms with Crippen molar-refractivity contribution in [2.75, 3.05) is 0 Å². The predicted molar refractivity (Wildman–Crippen MR) is 130 cm³/mol. The van der Waals surface area contributed by atoms with E-state index in [-0.39, 0.29) is 6.08 Å². The van der Waals surface area contributed by atoms with Gasteiger partial charge in [0.2, 0.25) is 17.5 Å². The van der Waals surface area contributed by atoms with Crippen molar-refractivity contribution in [3.8, 4) is 0 Å². The van der Waals surface area contributed by atoms with Gasteiger partial charge in [0.1, 0.15) is 0 Å². The second-order valence-corrected chi connectivity index (χ2v) is 9.11. The molecule has 0 unspecified atom stereocenters. The molecule has 0 radical (unpaired) electrons. The summed E-state index contributed by atoms with van der Waals surface area (Å²) in [5.41, 5.74) is -10.2. The molecule has 17 heteroatoms. The van der Waals surface area contributed by atoms with Crippen LogP contribution in [0, 0.1) is 87.3 Å². The van der Waals surface area contributed by atoms with E-state index in [1.807, 2.05) is 0 Å². The highest BCUT2D eigenvalue weighted by molar-refractivity contribution is 5.93. The summed E-state index contributed by atoms with van der Waals surface area (Å²) in [5.74, 6) is -38.5. The Labute approximate surface area is 245 Å². The lowest BCUT2D eigenvalue weighted by atomic mass is 9.97. The normalized spacial score (nSPS) is 14.2. The van der Waals surface area contributed by atoms with E-state index >= 15 is 0 Å². The number of aliphatic imine (C=N–C) groups is 1. The van der Waals surface area contributed by atoms with Gasteiger partial charge in [-0.05, 0) is 30.4 Å². The molecule has 0 saturated carbocycles. The summed E-state index contributed by atoms with van der Waals surface area (Å²) in [6, 6.07) is 1.29. The molecule has 5 rings (SSSR count). The van der Waals surface area contributed by atoms with Gasteiger partial charge in [-0.25, -0.2) is 65.9 Å². The summed E-state index contributed by atoms with van der Waals surface area (Å²) in [6.45, 7) is 0. The monoisotopic (exact) mass is 668 g/mol. The van der Waals surface area contributed by atoms with Crippen LogP contribution in [-0.2, 0) is 0 Å². The van der Waals surface area contributed by atoms with Gasteiger partial charge in [-0.3, -0.25) is 4.99 Å². The molecule has 2 nitrogen and oxygen atoms in total. The highest BCUT2D eigenvalue weighted by Crippen LogP contribution is 2.39. The Morgan fingerprint density at radius 1 is 0.478 bits per heavy atom. The molecule has 46 heavy (non-hydrogen) atoms. The van der Waals surface area contributed by atoms with E-state index < -0.39 is 132 Å². The third kappa shape index (κ3) is 4.85. The van der Waals surface area contributed by atoms with Crippen LogP contribution < -0.4 is 0 Å². The van der Waals surface area contributed by atoms with Crippen LogP contribution in [0.4, 0.5) is 65.9 Å². The maximum absolute atomic E-state index is 14.9. The van der Waals surface area contributed by atoms with E-state index in [0.717, 1.165) is 18.4 Å². The first kappa shape index (κ1) is 32.2. The largest absolute Gasteiger partial charge is 0.354 e. The van der Waals surface area contributed by atoms with Crippen molar-refractivity contribution in [1.29, 1.82) is 0 Å². The molecule has 0 spiro atoms. The smallest absolute Gasteiger partial charge is 0.200 e. The number of aromatic nitrogens is 1. The molecule has 4 aromatic rings. The van der Waals surface area contributed by atoms with Gasteiger partial charge in [-0.2, -0.15) is 0 Å². The first-order chi connectivity index (χ1) is 21.6. The zero-order valence-corrected chi connectivity index (χ0v) is 21.6. The summed E-state index contributed by atoms with van der Waals surface area (Å²) in [5, 5.41) is 0. The number of nitrogens with one attached hydrogen (secondary N) is 1. The van der Waals surface area contributed by atoms with E-state index in [4.69, 9.17) is 0 Å². The number of rotatable bonds is 5. The van der Waals surface area contributed by atoms with Crippen LogP contribution in [0.15, 0.2) is 35.0 Å². The van der Waals surface area contributed by atoms with Crippen molar-refractivity contribution in [3.63, 3.8) is 0 Å². The fourth-order valence-corrected chi connectivity index (χ4v) is 4.39. The van der Waals surface area contributed by atoms with Crippen LogP contribution in [0.3, 0.4) is 0 Å². The first-order valence-electron chi connectivity index (χ1n) is 12.0. The Morgan fingerprint density at radius 3 is 1.30 bits per heavy atom. The second kappa shape index (κ2) is 11.6. The summed E-state index contributed by atoms with van der Waals surface area (Å²) >= 11 is 0. The van der Waals surface area contributed by atoms with Crippen LogP contribution in [0.25, 0.3) is 17.2 Å². The Kier molecular flexibility index (Phi) is 8.12. The van der Waals surface area contributed by atoms with Gasteiger partial charge >= 0.3 is 0 Å². The molecule has 1 N–H and O–H groups in total. The Balaban J connectivity index is 1.87. The number of hydrogen-bond acceptors (Lipinski definition) is 1. The highest BCUT2D eigenvalue weighted by atomic mass is 19.2. The molecule has 3 aromatic carbocycles. The number of halogens is 15. The van der Waals surface area contributed by atoms with E-state index in [2.05, 4.69) is 9.98 Å². The van der Waals surface area contributed by atoms with Gasteiger partial charge in [-0.1, -0.05) is 0 Å². The van der Waals surface area contributed by atoms with E-state index in [0.29, 0.717) is 12.1 Å². The minimum absolute atomic E-state index is 0.191. The molecule has 1 aliphatic heterocycles. The molecular formula is C29H7F15N2. The molecule has 0 saturated heterocycles. The van der Waals surface area contributed by atoms with Crippen LogP contribution >= 0.6 is 0 Å². The van der Waals surface area contributed by atoms with Gasteiger partial charge in [0.25, 0.3) is 0 Å². The SMILES string of the molecule is Fc1c(F)c(F)c(/C=C(/c2ccc(/C(=C3/C=CC=N3)c3c(F)c(F)c(F)c(F)c3F)[nH]2)c2c(F)c(F)c(F)c(F)c2F)c(F)c1F.